The number of thioether (sulfide) groups is 1. The highest BCUT2D eigenvalue weighted by atomic mass is 32.2. The quantitative estimate of drug-likeness (QED) is 0.420. The fourth-order valence-corrected chi connectivity index (χ4v) is 3.26. The van der Waals surface area contributed by atoms with Gasteiger partial charge >= 0.3 is 0 Å². The summed E-state index contributed by atoms with van der Waals surface area (Å²) in [6.07, 6.45) is 4.48. The van der Waals surface area contributed by atoms with Crippen molar-refractivity contribution in [3.8, 4) is 6.07 Å². The Kier molecular flexibility index (Phi) is 6.47. The van der Waals surface area contributed by atoms with Gasteiger partial charge in [0.15, 0.2) is 5.16 Å². The number of aromatic nitrogens is 2. The normalized spacial score (nSPS) is 10.7. The van der Waals surface area contributed by atoms with E-state index in [-0.39, 0.29) is 5.56 Å². The number of para-hydroxylation sites is 1. The van der Waals surface area contributed by atoms with Gasteiger partial charge in [-0.15, -0.1) is 0 Å². The van der Waals surface area contributed by atoms with Gasteiger partial charge in [0.1, 0.15) is 0 Å². The molecule has 116 valence electrons. The van der Waals surface area contributed by atoms with Crippen LogP contribution in [0.4, 0.5) is 0 Å². The summed E-state index contributed by atoms with van der Waals surface area (Å²) >= 11 is 1.62. The van der Waals surface area contributed by atoms with Gasteiger partial charge < -0.3 is 0 Å². The van der Waals surface area contributed by atoms with Crippen molar-refractivity contribution in [3.63, 3.8) is 0 Å². The Balaban J connectivity index is 2.25. The van der Waals surface area contributed by atoms with Crippen molar-refractivity contribution in [3.05, 3.63) is 34.6 Å². The van der Waals surface area contributed by atoms with Gasteiger partial charge in [-0.3, -0.25) is 9.36 Å². The zero-order valence-electron chi connectivity index (χ0n) is 12.9. The molecule has 22 heavy (non-hydrogen) atoms. The second-order valence-electron chi connectivity index (χ2n) is 5.19. The Morgan fingerprint density at radius 2 is 2.09 bits per heavy atom. The van der Waals surface area contributed by atoms with E-state index in [4.69, 9.17) is 5.26 Å². The molecule has 0 N–H and O–H groups in total. The molecule has 1 aromatic carbocycles. The van der Waals surface area contributed by atoms with Crippen LogP contribution < -0.4 is 5.56 Å². The van der Waals surface area contributed by atoms with Gasteiger partial charge in [0.2, 0.25) is 0 Å². The Labute approximate surface area is 135 Å². The van der Waals surface area contributed by atoms with E-state index in [0.717, 1.165) is 42.1 Å². The summed E-state index contributed by atoms with van der Waals surface area (Å²) in [4.78, 5) is 17.3. The third-order valence-corrected chi connectivity index (χ3v) is 4.54. The number of nitriles is 1. The van der Waals surface area contributed by atoms with E-state index in [2.05, 4.69) is 18.0 Å². The second kappa shape index (κ2) is 8.60. The lowest BCUT2D eigenvalue weighted by atomic mass is 10.2. The van der Waals surface area contributed by atoms with E-state index in [1.165, 1.54) is 0 Å². The zero-order valence-corrected chi connectivity index (χ0v) is 13.7. The van der Waals surface area contributed by atoms with Crippen LogP contribution in [-0.4, -0.2) is 15.3 Å². The molecule has 0 spiro atoms. The zero-order chi connectivity index (χ0) is 15.8. The highest BCUT2D eigenvalue weighted by Gasteiger charge is 2.10. The molecule has 1 aromatic heterocycles. The van der Waals surface area contributed by atoms with Gasteiger partial charge in [-0.25, -0.2) is 4.98 Å². The first-order chi connectivity index (χ1) is 10.8. The molecular weight excluding hydrogens is 294 g/mol. The van der Waals surface area contributed by atoms with Gasteiger partial charge in [-0.1, -0.05) is 37.2 Å². The van der Waals surface area contributed by atoms with Crippen LogP contribution in [0.5, 0.6) is 0 Å². The predicted octanol–water partition coefficient (Wildman–Crippen LogP) is 3.98. The summed E-state index contributed by atoms with van der Waals surface area (Å²) in [6.45, 7) is 2.84. The van der Waals surface area contributed by atoms with Crippen LogP contribution in [-0.2, 0) is 6.54 Å². The number of unbranched alkanes of at least 4 members (excludes halogenated alkanes) is 3. The van der Waals surface area contributed by atoms with Gasteiger partial charge in [0.05, 0.1) is 17.0 Å². The first-order valence-electron chi connectivity index (χ1n) is 7.77. The molecule has 0 saturated heterocycles. The molecule has 0 aliphatic heterocycles. The summed E-state index contributed by atoms with van der Waals surface area (Å²) < 4.78 is 1.81. The molecular formula is C17H21N3OS. The van der Waals surface area contributed by atoms with E-state index < -0.39 is 0 Å². The van der Waals surface area contributed by atoms with Crippen LogP contribution in [0.2, 0.25) is 0 Å². The molecule has 5 heteroatoms. The van der Waals surface area contributed by atoms with Gasteiger partial charge in [-0.2, -0.15) is 5.26 Å². The maximum absolute atomic E-state index is 12.7. The summed E-state index contributed by atoms with van der Waals surface area (Å²) in [6, 6.07) is 9.68. The number of rotatable bonds is 8. The fourth-order valence-electron chi connectivity index (χ4n) is 2.24. The molecule has 4 nitrogen and oxygen atoms in total. The minimum Gasteiger partial charge on any atom is -0.287 e. The second-order valence-corrected chi connectivity index (χ2v) is 6.25. The maximum Gasteiger partial charge on any atom is 0.262 e. The molecule has 0 saturated carbocycles. The molecule has 0 bridgehead atoms. The van der Waals surface area contributed by atoms with Crippen LogP contribution in [0.1, 0.15) is 39.0 Å². The molecule has 0 fully saturated rings. The van der Waals surface area contributed by atoms with Crippen molar-refractivity contribution in [2.24, 2.45) is 0 Å². The lowest BCUT2D eigenvalue weighted by molar-refractivity contribution is 0.557. The molecule has 0 radical (unpaired) electrons. The highest BCUT2D eigenvalue weighted by Crippen LogP contribution is 2.19. The Morgan fingerprint density at radius 3 is 2.86 bits per heavy atom. The van der Waals surface area contributed by atoms with Gasteiger partial charge in [0, 0.05) is 18.7 Å². The molecule has 0 atom stereocenters. The summed E-state index contributed by atoms with van der Waals surface area (Å²) in [5.74, 6) is 0.887. The molecule has 2 rings (SSSR count). The molecule has 1 heterocycles. The van der Waals surface area contributed by atoms with E-state index in [0.29, 0.717) is 18.4 Å². The third-order valence-electron chi connectivity index (χ3n) is 3.48. The van der Waals surface area contributed by atoms with Crippen molar-refractivity contribution in [1.82, 2.24) is 9.55 Å². The van der Waals surface area contributed by atoms with Gasteiger partial charge in [-0.05, 0) is 31.4 Å². The van der Waals surface area contributed by atoms with Crippen molar-refractivity contribution in [2.45, 2.75) is 50.7 Å². The van der Waals surface area contributed by atoms with Gasteiger partial charge in [0.25, 0.3) is 5.56 Å². The summed E-state index contributed by atoms with van der Waals surface area (Å²) in [7, 11) is 0. The van der Waals surface area contributed by atoms with Crippen molar-refractivity contribution in [1.29, 1.82) is 5.26 Å². The van der Waals surface area contributed by atoms with E-state index in [9.17, 15) is 4.79 Å². The minimum atomic E-state index is 0.0542. The molecule has 0 aliphatic rings. The van der Waals surface area contributed by atoms with Crippen LogP contribution in [0, 0.1) is 11.3 Å². The smallest absolute Gasteiger partial charge is 0.262 e. The molecule has 2 aromatic rings. The number of fused-ring (bicyclic) bond motifs is 1. The Morgan fingerprint density at radius 1 is 1.27 bits per heavy atom. The number of hydrogen-bond donors (Lipinski definition) is 0. The summed E-state index contributed by atoms with van der Waals surface area (Å²) in [5.41, 5.74) is 0.818. The molecule has 0 amide bonds. The lowest BCUT2D eigenvalue weighted by Gasteiger charge is -2.12. The monoisotopic (exact) mass is 315 g/mol. The minimum absolute atomic E-state index is 0.0542. The fraction of sp³-hybridized carbons (Fsp3) is 0.471. The standard InChI is InChI=1S/C17H21N3OS/c1-2-3-12-20-16(21)14-9-5-6-10-15(14)19-17(20)22-13-8-4-7-11-18/h5-6,9-10H,2-4,7-8,12-13H2,1H3. The van der Waals surface area contributed by atoms with E-state index in [1.54, 1.807) is 16.3 Å². The third kappa shape index (κ3) is 4.11. The maximum atomic E-state index is 12.7. The van der Waals surface area contributed by atoms with Crippen LogP contribution in [0.3, 0.4) is 0 Å². The Hall–Kier alpha value is -1.80. The number of hydrogen-bond acceptors (Lipinski definition) is 4. The number of benzene rings is 1. The highest BCUT2D eigenvalue weighted by molar-refractivity contribution is 7.99. The van der Waals surface area contributed by atoms with E-state index >= 15 is 0 Å². The predicted molar refractivity (Wildman–Crippen MR) is 91.1 cm³/mol. The molecule has 0 aliphatic carbocycles. The van der Waals surface area contributed by atoms with Crippen LogP contribution in [0.15, 0.2) is 34.2 Å². The number of nitrogens with zero attached hydrogens (tertiary/aromatic N) is 3. The average molecular weight is 315 g/mol. The lowest BCUT2D eigenvalue weighted by Crippen LogP contribution is -2.23. The average Bonchev–Trinajstić information content (AvgIpc) is 2.54. The van der Waals surface area contributed by atoms with E-state index in [1.807, 2.05) is 24.3 Å². The largest absolute Gasteiger partial charge is 0.287 e. The molecule has 0 unspecified atom stereocenters. The van der Waals surface area contributed by atoms with Crippen LogP contribution >= 0.6 is 11.8 Å². The Bertz CT molecular complexity index is 718. The van der Waals surface area contributed by atoms with Crippen molar-refractivity contribution in [2.75, 3.05) is 5.75 Å². The SMILES string of the molecule is CCCCn1c(SCCCCC#N)nc2ccccc2c1=O. The van der Waals surface area contributed by atoms with Crippen molar-refractivity contribution < 1.29 is 0 Å². The first-order valence-corrected chi connectivity index (χ1v) is 8.75. The topological polar surface area (TPSA) is 58.7 Å². The van der Waals surface area contributed by atoms with Crippen LogP contribution in [0.25, 0.3) is 10.9 Å². The summed E-state index contributed by atoms with van der Waals surface area (Å²) in [5, 5.41) is 10.1. The first kappa shape index (κ1) is 16.6. The van der Waals surface area contributed by atoms with Crippen molar-refractivity contribution >= 4 is 22.7 Å².